The van der Waals surface area contributed by atoms with Gasteiger partial charge in [-0.3, -0.25) is 4.79 Å². The number of fused-ring (bicyclic) bond motifs is 1. The quantitative estimate of drug-likeness (QED) is 0.535. The van der Waals surface area contributed by atoms with E-state index >= 15 is 0 Å². The number of anilines is 1. The van der Waals surface area contributed by atoms with E-state index in [1.54, 1.807) is 4.90 Å². The Labute approximate surface area is 192 Å². The lowest BCUT2D eigenvalue weighted by atomic mass is 9.96. The maximum absolute atomic E-state index is 13.5. The Balaban J connectivity index is 1.40. The van der Waals surface area contributed by atoms with Gasteiger partial charge < -0.3 is 29.9 Å². The van der Waals surface area contributed by atoms with Crippen LogP contribution >= 0.6 is 0 Å². The molecule has 33 heavy (non-hydrogen) atoms. The number of phenolic OH excluding ortho intramolecular Hbond substituents is 2. The Kier molecular flexibility index (Phi) is 5.79. The second-order valence-electron chi connectivity index (χ2n) is 8.41. The molecule has 2 heterocycles. The molecule has 5 rings (SSSR count). The predicted octanol–water partition coefficient (Wildman–Crippen LogP) is 3.69. The molecular weight excluding hydrogens is 420 g/mol. The van der Waals surface area contributed by atoms with Crippen LogP contribution in [0.25, 0.3) is 0 Å². The van der Waals surface area contributed by atoms with Crippen LogP contribution in [0.2, 0.25) is 0 Å². The maximum Gasteiger partial charge on any atom is 0.261 e. The van der Waals surface area contributed by atoms with E-state index in [0.29, 0.717) is 26.3 Å². The minimum absolute atomic E-state index is 0.0602. The van der Waals surface area contributed by atoms with Gasteiger partial charge in [0.1, 0.15) is 29.4 Å². The van der Waals surface area contributed by atoms with Crippen molar-refractivity contribution < 1.29 is 24.5 Å². The molecule has 0 aliphatic carbocycles. The zero-order valence-corrected chi connectivity index (χ0v) is 18.2. The third-order valence-corrected chi connectivity index (χ3v) is 6.08. The third-order valence-electron chi connectivity index (χ3n) is 6.08. The summed E-state index contributed by atoms with van der Waals surface area (Å²) in [6.45, 7) is 2.51. The highest BCUT2D eigenvalue weighted by molar-refractivity contribution is 6.00. The van der Waals surface area contributed by atoms with Gasteiger partial charge >= 0.3 is 0 Å². The van der Waals surface area contributed by atoms with Gasteiger partial charge in [-0.2, -0.15) is 0 Å². The van der Waals surface area contributed by atoms with Crippen molar-refractivity contribution in [3.63, 3.8) is 0 Å². The van der Waals surface area contributed by atoms with Crippen LogP contribution in [0.15, 0.2) is 60.7 Å². The molecule has 0 spiro atoms. The Bertz CT molecular complexity index is 1160. The van der Waals surface area contributed by atoms with Crippen molar-refractivity contribution in [1.29, 1.82) is 0 Å². The molecule has 0 saturated carbocycles. The number of benzene rings is 3. The van der Waals surface area contributed by atoms with Gasteiger partial charge in [0.2, 0.25) is 0 Å². The molecular formula is C26H26N2O5. The van der Waals surface area contributed by atoms with E-state index in [4.69, 9.17) is 9.47 Å². The smallest absolute Gasteiger partial charge is 0.261 e. The lowest BCUT2D eigenvalue weighted by molar-refractivity contribution is 0.0210. The number of phenols is 2. The van der Waals surface area contributed by atoms with Gasteiger partial charge in [0.15, 0.2) is 0 Å². The molecule has 3 N–H and O–H groups in total. The van der Waals surface area contributed by atoms with Crippen LogP contribution in [-0.2, 0) is 24.3 Å². The summed E-state index contributed by atoms with van der Waals surface area (Å²) in [7, 11) is 0. The first kappa shape index (κ1) is 21.2. The Morgan fingerprint density at radius 2 is 1.91 bits per heavy atom. The number of hydrogen-bond acceptors (Lipinski definition) is 6. The van der Waals surface area contributed by atoms with E-state index < -0.39 is 0 Å². The Morgan fingerprint density at radius 3 is 2.67 bits per heavy atom. The van der Waals surface area contributed by atoms with Crippen molar-refractivity contribution in [2.45, 2.75) is 25.6 Å². The Morgan fingerprint density at radius 1 is 1.09 bits per heavy atom. The minimum Gasteiger partial charge on any atom is -0.508 e. The van der Waals surface area contributed by atoms with Gasteiger partial charge in [-0.05, 0) is 29.2 Å². The molecule has 170 valence electrons. The van der Waals surface area contributed by atoms with Crippen molar-refractivity contribution in [1.82, 2.24) is 4.90 Å². The molecule has 1 amide bonds. The summed E-state index contributed by atoms with van der Waals surface area (Å²) in [5, 5.41) is 24.1. The molecule has 7 nitrogen and oxygen atoms in total. The van der Waals surface area contributed by atoms with Crippen molar-refractivity contribution in [2.24, 2.45) is 0 Å². The summed E-state index contributed by atoms with van der Waals surface area (Å²) >= 11 is 0. The summed E-state index contributed by atoms with van der Waals surface area (Å²) in [6, 6.07) is 18.5. The van der Waals surface area contributed by atoms with Crippen LogP contribution in [0, 0.1) is 0 Å². The van der Waals surface area contributed by atoms with Gasteiger partial charge in [0.25, 0.3) is 5.91 Å². The fourth-order valence-electron chi connectivity index (χ4n) is 4.24. The van der Waals surface area contributed by atoms with Crippen molar-refractivity contribution in [3.05, 3.63) is 82.9 Å². The Hall–Kier alpha value is -3.71. The second-order valence-corrected chi connectivity index (χ2v) is 8.41. The fraction of sp³-hybridized carbons (Fsp3) is 0.269. The number of carbonyl (C=O) groups is 1. The van der Waals surface area contributed by atoms with Crippen LogP contribution in [-0.4, -0.2) is 46.8 Å². The van der Waals surface area contributed by atoms with Gasteiger partial charge in [-0.25, -0.2) is 0 Å². The first-order valence-corrected chi connectivity index (χ1v) is 11.1. The van der Waals surface area contributed by atoms with Gasteiger partial charge in [0.05, 0.1) is 19.3 Å². The highest BCUT2D eigenvalue weighted by atomic mass is 16.5. The number of hydrogen-bond donors (Lipinski definition) is 3. The molecule has 3 aromatic rings. The van der Waals surface area contributed by atoms with E-state index in [1.165, 1.54) is 17.7 Å². The number of amides is 1. The number of nitrogens with one attached hydrogen (secondary N) is 1. The molecule has 2 aliphatic rings. The van der Waals surface area contributed by atoms with Crippen LogP contribution in [0.3, 0.4) is 0 Å². The normalized spacial score (nSPS) is 15.5. The molecule has 1 fully saturated rings. The van der Waals surface area contributed by atoms with Crippen LogP contribution in [0.1, 0.15) is 27.0 Å². The highest BCUT2D eigenvalue weighted by Gasteiger charge is 2.29. The summed E-state index contributed by atoms with van der Waals surface area (Å²) in [4.78, 5) is 15.3. The maximum atomic E-state index is 13.5. The molecule has 3 aromatic carbocycles. The summed E-state index contributed by atoms with van der Waals surface area (Å²) in [5.41, 5.74) is 4.27. The van der Waals surface area contributed by atoms with E-state index in [2.05, 4.69) is 11.4 Å². The molecule has 0 aromatic heterocycles. The average molecular weight is 447 g/mol. The summed E-state index contributed by atoms with van der Waals surface area (Å²) in [6.07, 6.45) is 0.719. The van der Waals surface area contributed by atoms with E-state index in [9.17, 15) is 15.0 Å². The second kappa shape index (κ2) is 9.03. The average Bonchev–Trinajstić information content (AvgIpc) is 2.79. The predicted molar refractivity (Wildman–Crippen MR) is 124 cm³/mol. The van der Waals surface area contributed by atoms with Crippen molar-refractivity contribution >= 4 is 11.6 Å². The molecule has 0 radical (unpaired) electrons. The molecule has 1 saturated heterocycles. The first-order chi connectivity index (χ1) is 16.1. The molecule has 0 unspecified atom stereocenters. The van der Waals surface area contributed by atoms with Gasteiger partial charge in [-0.15, -0.1) is 0 Å². The number of carbonyl (C=O) groups excluding carboxylic acids is 1. The zero-order chi connectivity index (χ0) is 22.8. The highest BCUT2D eigenvalue weighted by Crippen LogP contribution is 2.36. The molecule has 7 heteroatoms. The number of rotatable bonds is 6. The van der Waals surface area contributed by atoms with E-state index in [-0.39, 0.29) is 41.4 Å². The topological polar surface area (TPSA) is 91.3 Å². The zero-order valence-electron chi connectivity index (χ0n) is 18.2. The lowest BCUT2D eigenvalue weighted by Gasteiger charge is -2.33. The largest absolute Gasteiger partial charge is 0.508 e. The number of ether oxygens (including phenoxy) is 2. The summed E-state index contributed by atoms with van der Waals surface area (Å²) < 4.78 is 11.1. The van der Waals surface area contributed by atoms with Gasteiger partial charge in [0, 0.05) is 30.9 Å². The van der Waals surface area contributed by atoms with Crippen LogP contribution in [0.5, 0.6) is 17.2 Å². The van der Waals surface area contributed by atoms with Gasteiger partial charge in [-0.1, -0.05) is 42.5 Å². The monoisotopic (exact) mass is 446 g/mol. The fourth-order valence-corrected chi connectivity index (χ4v) is 4.24. The van der Waals surface area contributed by atoms with Crippen molar-refractivity contribution in [2.75, 3.05) is 25.1 Å². The minimum atomic E-state index is -0.331. The summed E-state index contributed by atoms with van der Waals surface area (Å²) in [5.74, 6) is -0.634. The van der Waals surface area contributed by atoms with Crippen LogP contribution in [0.4, 0.5) is 5.69 Å². The SMILES string of the molecule is O=C(c1c(O)cc(O)cc1OCc1ccccc1)N1CCc2cccc(NC3COC3)c2C1. The lowest BCUT2D eigenvalue weighted by Crippen LogP contribution is -2.41. The number of aromatic hydroxyl groups is 2. The molecule has 0 bridgehead atoms. The molecule has 0 atom stereocenters. The standard InChI is InChI=1S/C26H26N2O5/c29-20-11-23(30)25(24(12-20)33-14-17-5-2-1-3-6-17)26(31)28-10-9-18-7-4-8-22(21(18)13-28)27-19-15-32-16-19/h1-8,11-12,19,27,29-30H,9-10,13-16H2. The van der Waals surface area contributed by atoms with Crippen LogP contribution < -0.4 is 10.1 Å². The molecule has 2 aliphatic heterocycles. The number of nitrogens with zero attached hydrogens (tertiary/aromatic N) is 1. The van der Waals surface area contributed by atoms with E-state index in [1.807, 2.05) is 42.5 Å². The van der Waals surface area contributed by atoms with Crippen molar-refractivity contribution in [3.8, 4) is 17.2 Å². The third kappa shape index (κ3) is 4.45. The first-order valence-electron chi connectivity index (χ1n) is 11.1. The van der Waals surface area contributed by atoms with E-state index in [0.717, 1.165) is 23.2 Å².